The van der Waals surface area contributed by atoms with Crippen molar-refractivity contribution in [1.82, 2.24) is 0 Å². The van der Waals surface area contributed by atoms with Gasteiger partial charge in [0.2, 0.25) is 0 Å². The molecule has 1 spiro atoms. The molecular formula is C76H60N4. The van der Waals surface area contributed by atoms with Crippen LogP contribution in [-0.4, -0.2) is 7.05 Å². The Bertz CT molecular complexity index is 3790. The summed E-state index contributed by atoms with van der Waals surface area (Å²) in [5.41, 5.74) is 22.1. The molecule has 0 heterocycles. The van der Waals surface area contributed by atoms with Crippen LogP contribution in [0.3, 0.4) is 0 Å². The van der Waals surface area contributed by atoms with Crippen LogP contribution in [0.25, 0.3) is 22.3 Å². The second kappa shape index (κ2) is 22.1. The number of anilines is 10. The molecule has 0 saturated heterocycles. The third kappa shape index (κ3) is 9.17. The number of hydrogen-bond donors (Lipinski definition) is 0. The number of fused-ring (bicyclic) bond motifs is 10. The Morgan fingerprint density at radius 3 is 1.00 bits per heavy atom. The minimum Gasteiger partial charge on any atom is -0.345 e. The van der Waals surface area contributed by atoms with Gasteiger partial charge in [0.1, 0.15) is 0 Å². The van der Waals surface area contributed by atoms with Gasteiger partial charge in [-0.1, -0.05) is 194 Å². The molecule has 1 atom stereocenters. The average molecular weight is 1030 g/mol. The van der Waals surface area contributed by atoms with Crippen LogP contribution >= 0.6 is 0 Å². The van der Waals surface area contributed by atoms with Gasteiger partial charge in [0.05, 0.1) is 5.41 Å². The fourth-order valence-electron chi connectivity index (χ4n) is 12.1. The standard InChI is InChI=1S/C63H47N3.C13H13N/c1-2-9-23-46(24-10-3-1)64(47-25-11-4-12-26-47)53-38-41-57-58-42-39-54(66(50-31-17-7-18-32-50)51-33-19-8-20-34-51)45-62(58)63(61(57)44-53)59-36-22-21-35-55(59)56-40-37-52(43-60(56)63)65(48-27-13-5-14-28-48)49-29-15-6-16-30-49;1-14(12-8-4-2-5-9-12)13-10-6-3-7-11-13/h2-23,25-45H,1,24H2;2-11H,1H3/b9-2-,10-3-,46-23+;. The normalized spacial score (nSPS) is 15.7. The van der Waals surface area contributed by atoms with Crippen molar-refractivity contribution in [2.24, 2.45) is 0 Å². The van der Waals surface area contributed by atoms with Crippen molar-refractivity contribution in [3.8, 4) is 22.3 Å². The molecule has 14 rings (SSSR count). The molecule has 0 saturated carbocycles. The molecule has 80 heavy (non-hydrogen) atoms. The first-order chi connectivity index (χ1) is 39.6. The predicted octanol–water partition coefficient (Wildman–Crippen LogP) is 20.4. The average Bonchev–Trinajstić information content (AvgIpc) is 3.90. The molecule has 4 nitrogen and oxygen atoms in total. The van der Waals surface area contributed by atoms with Crippen molar-refractivity contribution in [2.45, 2.75) is 18.3 Å². The summed E-state index contributed by atoms with van der Waals surface area (Å²) in [6, 6.07) is 105. The number of para-hydroxylation sites is 7. The van der Waals surface area contributed by atoms with Crippen molar-refractivity contribution in [3.63, 3.8) is 0 Å². The topological polar surface area (TPSA) is 13.0 Å². The number of rotatable bonds is 11. The van der Waals surface area contributed by atoms with Gasteiger partial charge in [-0.25, -0.2) is 0 Å². The van der Waals surface area contributed by atoms with Crippen molar-refractivity contribution in [3.05, 3.63) is 350 Å². The van der Waals surface area contributed by atoms with E-state index in [1.54, 1.807) is 0 Å². The smallest absolute Gasteiger partial charge is 0.0727 e. The third-order valence-corrected chi connectivity index (χ3v) is 15.7. The van der Waals surface area contributed by atoms with E-state index in [0.29, 0.717) is 0 Å². The van der Waals surface area contributed by atoms with Crippen LogP contribution in [0, 0.1) is 0 Å². The molecule has 0 aromatic heterocycles. The molecular weight excluding hydrogens is 969 g/mol. The molecule has 0 aliphatic heterocycles. The zero-order valence-electron chi connectivity index (χ0n) is 44.8. The molecule has 11 aromatic rings. The highest BCUT2D eigenvalue weighted by Crippen LogP contribution is 2.64. The minimum absolute atomic E-state index is 0.659. The lowest BCUT2D eigenvalue weighted by atomic mass is 9.70. The molecule has 384 valence electrons. The van der Waals surface area contributed by atoms with Crippen LogP contribution in [0.2, 0.25) is 0 Å². The fraction of sp³-hybridized carbons (Fsp3) is 0.0526. The van der Waals surface area contributed by atoms with Crippen molar-refractivity contribution >= 4 is 56.9 Å². The van der Waals surface area contributed by atoms with E-state index in [-0.39, 0.29) is 0 Å². The Balaban J connectivity index is 0.000000376. The molecule has 0 fully saturated rings. The van der Waals surface area contributed by atoms with Gasteiger partial charge in [0, 0.05) is 76.0 Å². The Hall–Kier alpha value is -10.2. The quantitative estimate of drug-likeness (QED) is 0.120. The lowest BCUT2D eigenvalue weighted by Crippen LogP contribution is -2.27. The maximum absolute atomic E-state index is 2.51. The van der Waals surface area contributed by atoms with Gasteiger partial charge in [0.25, 0.3) is 0 Å². The number of benzene rings is 11. The summed E-state index contributed by atoms with van der Waals surface area (Å²) in [6.45, 7) is 0. The van der Waals surface area contributed by atoms with Gasteiger partial charge in [-0.3, -0.25) is 0 Å². The van der Waals surface area contributed by atoms with Gasteiger partial charge in [-0.2, -0.15) is 0 Å². The molecule has 3 aliphatic carbocycles. The Kier molecular flexibility index (Phi) is 13.6. The summed E-state index contributed by atoms with van der Waals surface area (Å²) in [7, 11) is 2.07. The third-order valence-electron chi connectivity index (χ3n) is 15.7. The van der Waals surface area contributed by atoms with E-state index >= 15 is 0 Å². The summed E-state index contributed by atoms with van der Waals surface area (Å²) in [5.74, 6) is 0. The van der Waals surface area contributed by atoms with Crippen LogP contribution in [0.4, 0.5) is 56.9 Å². The van der Waals surface area contributed by atoms with E-state index in [0.717, 1.165) is 58.3 Å². The van der Waals surface area contributed by atoms with Crippen LogP contribution in [0.5, 0.6) is 0 Å². The first-order valence-corrected chi connectivity index (χ1v) is 27.7. The summed E-state index contributed by atoms with van der Waals surface area (Å²) >= 11 is 0. The Labute approximate surface area is 471 Å². The lowest BCUT2D eigenvalue weighted by molar-refractivity contribution is 0.793. The zero-order valence-corrected chi connectivity index (χ0v) is 44.8. The van der Waals surface area contributed by atoms with Crippen LogP contribution < -0.4 is 19.6 Å². The van der Waals surface area contributed by atoms with E-state index < -0.39 is 5.41 Å². The molecule has 0 amide bonds. The van der Waals surface area contributed by atoms with Crippen molar-refractivity contribution in [1.29, 1.82) is 0 Å². The maximum atomic E-state index is 2.51. The lowest BCUT2D eigenvalue weighted by Gasteiger charge is -2.34. The van der Waals surface area contributed by atoms with Gasteiger partial charge in [0.15, 0.2) is 0 Å². The molecule has 0 bridgehead atoms. The first kappa shape index (κ1) is 49.4. The van der Waals surface area contributed by atoms with E-state index in [2.05, 4.69) is 336 Å². The van der Waals surface area contributed by atoms with E-state index in [9.17, 15) is 0 Å². The van der Waals surface area contributed by atoms with Gasteiger partial charge in [-0.05, 0) is 178 Å². The van der Waals surface area contributed by atoms with Crippen LogP contribution in [0.1, 0.15) is 35.1 Å². The van der Waals surface area contributed by atoms with Gasteiger partial charge >= 0.3 is 0 Å². The molecule has 4 heteroatoms. The highest BCUT2D eigenvalue weighted by atomic mass is 15.2. The van der Waals surface area contributed by atoms with Gasteiger partial charge < -0.3 is 19.6 Å². The Morgan fingerprint density at radius 2 is 0.600 bits per heavy atom. The second-order valence-corrected chi connectivity index (χ2v) is 20.4. The van der Waals surface area contributed by atoms with Gasteiger partial charge in [-0.15, -0.1) is 0 Å². The number of nitrogens with zero attached hydrogens (tertiary/aromatic N) is 4. The SMILES string of the molecule is C1=C\C/C=C\C\C(N(c2ccccc2)c2ccc3c(c2)C2(c4ccccc4-c4ccc(N(c5ccccc5)c5ccccc5)cc42)c2cc(N(c4ccccc4)c4ccccc4)ccc2-3)=C/1.CN(c1ccccc1)c1ccccc1. The minimum atomic E-state index is -0.659. The van der Waals surface area contributed by atoms with E-state index in [4.69, 9.17) is 0 Å². The van der Waals surface area contributed by atoms with Crippen molar-refractivity contribution < 1.29 is 0 Å². The largest absolute Gasteiger partial charge is 0.345 e. The second-order valence-electron chi connectivity index (χ2n) is 20.4. The molecule has 0 N–H and O–H groups in total. The molecule has 11 aromatic carbocycles. The zero-order chi connectivity index (χ0) is 53.7. The summed E-state index contributed by atoms with van der Waals surface area (Å²) in [4.78, 5) is 9.42. The predicted molar refractivity (Wildman–Crippen MR) is 337 cm³/mol. The highest BCUT2D eigenvalue weighted by Gasteiger charge is 2.52. The summed E-state index contributed by atoms with van der Waals surface area (Å²) < 4.78 is 0. The van der Waals surface area contributed by atoms with Crippen LogP contribution in [0.15, 0.2) is 327 Å². The summed E-state index contributed by atoms with van der Waals surface area (Å²) in [5, 5.41) is 0. The van der Waals surface area contributed by atoms with Crippen LogP contribution in [-0.2, 0) is 5.41 Å². The van der Waals surface area contributed by atoms with Crippen molar-refractivity contribution in [2.75, 3.05) is 26.6 Å². The monoisotopic (exact) mass is 1030 g/mol. The molecule has 0 radical (unpaired) electrons. The van der Waals surface area contributed by atoms with E-state index in [1.807, 2.05) is 12.1 Å². The number of hydrogen-bond acceptors (Lipinski definition) is 4. The maximum Gasteiger partial charge on any atom is 0.0727 e. The summed E-state index contributed by atoms with van der Waals surface area (Å²) in [6.07, 6.45) is 13.1. The number of allylic oxidation sites excluding steroid dienone is 5. The molecule has 1 unspecified atom stereocenters. The first-order valence-electron chi connectivity index (χ1n) is 27.7. The van der Waals surface area contributed by atoms with E-state index in [1.165, 1.54) is 61.6 Å². The highest BCUT2D eigenvalue weighted by molar-refractivity contribution is 5.98. The molecule has 3 aliphatic rings. The Morgan fingerprint density at radius 1 is 0.275 bits per heavy atom. The fourth-order valence-corrected chi connectivity index (χ4v) is 12.1.